The molecule has 0 radical (unpaired) electrons. The molecule has 8 heteroatoms. The Morgan fingerprint density at radius 2 is 1.83 bits per heavy atom. The van der Waals surface area contributed by atoms with Crippen molar-refractivity contribution in [3.8, 4) is 11.3 Å². The molecule has 3 aromatic rings. The van der Waals surface area contributed by atoms with Crippen molar-refractivity contribution in [2.75, 3.05) is 23.8 Å². The van der Waals surface area contributed by atoms with Gasteiger partial charge in [-0.2, -0.15) is 4.98 Å². The van der Waals surface area contributed by atoms with Crippen molar-refractivity contribution in [3.05, 3.63) is 28.7 Å². The van der Waals surface area contributed by atoms with Crippen LogP contribution >= 0.6 is 11.6 Å². The monoisotopic (exact) mass is 511 g/mol. The van der Waals surface area contributed by atoms with Gasteiger partial charge in [0.05, 0.1) is 11.3 Å². The number of nitrogens with one attached hydrogen (secondary N) is 2. The maximum absolute atomic E-state index is 9.88. The fourth-order valence-corrected chi connectivity index (χ4v) is 6.37. The molecule has 0 saturated heterocycles. The Bertz CT molecular complexity index is 1220. The van der Waals surface area contributed by atoms with E-state index in [1.165, 1.54) is 32.1 Å². The number of furan rings is 1. The van der Waals surface area contributed by atoms with E-state index in [0.29, 0.717) is 46.0 Å². The molecule has 2 aliphatic rings. The van der Waals surface area contributed by atoms with Gasteiger partial charge in [-0.1, -0.05) is 44.7 Å². The Morgan fingerprint density at radius 3 is 2.56 bits per heavy atom. The van der Waals surface area contributed by atoms with Crippen LogP contribution < -0.4 is 10.6 Å². The van der Waals surface area contributed by atoms with Crippen LogP contribution in [0, 0.1) is 37.5 Å². The summed E-state index contributed by atoms with van der Waals surface area (Å²) < 4.78 is 6.28. The first-order valence-electron chi connectivity index (χ1n) is 13.4. The number of aromatic nitrogens is 3. The van der Waals surface area contributed by atoms with Gasteiger partial charge in [-0.15, -0.1) is 0 Å². The van der Waals surface area contributed by atoms with Crippen LogP contribution in [0.3, 0.4) is 0 Å². The zero-order valence-electron chi connectivity index (χ0n) is 21.8. The molecule has 2 saturated carbocycles. The third-order valence-corrected chi connectivity index (χ3v) is 8.78. The summed E-state index contributed by atoms with van der Waals surface area (Å²) in [6, 6.07) is 4.19. The molecule has 4 atom stereocenters. The van der Waals surface area contributed by atoms with E-state index in [-0.39, 0.29) is 18.6 Å². The molecule has 3 heterocycles. The lowest BCUT2D eigenvalue weighted by Gasteiger charge is -2.23. The van der Waals surface area contributed by atoms with Crippen LogP contribution in [0.1, 0.15) is 63.8 Å². The minimum absolute atomic E-state index is 0.170. The number of aliphatic hydroxyl groups is 1. The lowest BCUT2D eigenvalue weighted by atomic mass is 9.89. The smallest absolute Gasteiger partial charge is 0.226 e. The standard InChI is InChI=1S/C28H38ClN5O2/c1-15-10-20-12-23(36-25(20)18(4)31-15)24-26(29)33-28(30-13-19-8-6-5-7-9-19)34-27(24)32-22-11-21(14-35)16(2)17(22)3/h10,12,16-17,19,21-22,35H,5-9,11,13-14H2,1-4H3,(H2,30,32,33,34)/t16-,17+,21+,22+/m0/s1. The van der Waals surface area contributed by atoms with E-state index in [2.05, 4.69) is 34.4 Å². The number of hydrogen-bond acceptors (Lipinski definition) is 7. The Hall–Kier alpha value is -2.38. The summed E-state index contributed by atoms with van der Waals surface area (Å²) in [6.07, 6.45) is 7.30. The van der Waals surface area contributed by atoms with Gasteiger partial charge in [0, 0.05) is 30.3 Å². The van der Waals surface area contributed by atoms with Gasteiger partial charge in [0.1, 0.15) is 16.7 Å². The molecule has 0 bridgehead atoms. The molecule has 0 spiro atoms. The van der Waals surface area contributed by atoms with Gasteiger partial charge in [-0.3, -0.25) is 4.98 Å². The Morgan fingerprint density at radius 1 is 1.06 bits per heavy atom. The molecule has 36 heavy (non-hydrogen) atoms. The summed E-state index contributed by atoms with van der Waals surface area (Å²) in [5.74, 6) is 3.55. The molecule has 194 valence electrons. The summed E-state index contributed by atoms with van der Waals surface area (Å²) in [4.78, 5) is 14.1. The predicted octanol–water partition coefficient (Wildman–Crippen LogP) is 6.61. The summed E-state index contributed by atoms with van der Waals surface area (Å²) in [6.45, 7) is 9.44. The van der Waals surface area contributed by atoms with Gasteiger partial charge in [0.15, 0.2) is 5.58 Å². The Kier molecular flexibility index (Phi) is 7.40. The second kappa shape index (κ2) is 10.5. The molecular formula is C28H38ClN5O2. The van der Waals surface area contributed by atoms with Crippen LogP contribution in [0.25, 0.3) is 22.3 Å². The summed E-state index contributed by atoms with van der Waals surface area (Å²) in [5, 5.41) is 18.4. The molecule has 0 aliphatic heterocycles. The molecule has 0 unspecified atom stereocenters. The first-order valence-corrected chi connectivity index (χ1v) is 13.8. The quantitative estimate of drug-likeness (QED) is 0.307. The van der Waals surface area contributed by atoms with Crippen molar-refractivity contribution in [1.82, 2.24) is 15.0 Å². The normalized spacial score (nSPS) is 24.9. The average Bonchev–Trinajstić information content (AvgIpc) is 3.39. The number of rotatable bonds is 7. The molecule has 7 nitrogen and oxygen atoms in total. The van der Waals surface area contributed by atoms with E-state index in [1.54, 1.807) is 0 Å². The molecule has 2 fully saturated rings. The third-order valence-electron chi connectivity index (χ3n) is 8.50. The maximum atomic E-state index is 9.88. The minimum atomic E-state index is 0.170. The number of aryl methyl sites for hydroxylation is 2. The lowest BCUT2D eigenvalue weighted by molar-refractivity contribution is 0.191. The number of fused-ring (bicyclic) bond motifs is 1. The summed E-state index contributed by atoms with van der Waals surface area (Å²) in [5.41, 5.74) is 3.21. The predicted molar refractivity (Wildman–Crippen MR) is 146 cm³/mol. The molecule has 5 rings (SSSR count). The highest BCUT2D eigenvalue weighted by Crippen LogP contribution is 2.42. The van der Waals surface area contributed by atoms with E-state index in [1.807, 2.05) is 26.0 Å². The van der Waals surface area contributed by atoms with Crippen molar-refractivity contribution in [3.63, 3.8) is 0 Å². The SMILES string of the molecule is Cc1cc2cc(-c3c(Cl)nc(NCC4CCCCC4)nc3N[C@@H]3C[C@H](CO)[C@@H](C)[C@H]3C)oc2c(C)n1. The Balaban J connectivity index is 1.51. The largest absolute Gasteiger partial charge is 0.454 e. The molecule has 3 N–H and O–H groups in total. The van der Waals surface area contributed by atoms with Gasteiger partial charge < -0.3 is 20.2 Å². The van der Waals surface area contributed by atoms with Gasteiger partial charge in [0.2, 0.25) is 5.95 Å². The van der Waals surface area contributed by atoms with E-state index >= 15 is 0 Å². The van der Waals surface area contributed by atoms with Crippen molar-refractivity contribution in [2.24, 2.45) is 23.7 Å². The topological polar surface area (TPSA) is 96.1 Å². The molecular weight excluding hydrogens is 474 g/mol. The number of nitrogens with zero attached hydrogens (tertiary/aromatic N) is 3. The number of halogens is 1. The zero-order valence-corrected chi connectivity index (χ0v) is 22.5. The van der Waals surface area contributed by atoms with Crippen LogP contribution in [0.4, 0.5) is 11.8 Å². The van der Waals surface area contributed by atoms with Crippen molar-refractivity contribution >= 4 is 34.3 Å². The van der Waals surface area contributed by atoms with Crippen LogP contribution in [0.5, 0.6) is 0 Å². The van der Waals surface area contributed by atoms with Gasteiger partial charge in [0.25, 0.3) is 0 Å². The van der Waals surface area contributed by atoms with Crippen LogP contribution in [-0.2, 0) is 0 Å². The highest BCUT2D eigenvalue weighted by molar-refractivity contribution is 6.32. The number of aliphatic hydroxyl groups excluding tert-OH is 1. The summed E-state index contributed by atoms with van der Waals surface area (Å²) >= 11 is 6.85. The maximum Gasteiger partial charge on any atom is 0.226 e. The second-order valence-corrected chi connectivity index (χ2v) is 11.3. The first kappa shape index (κ1) is 25.3. The van der Waals surface area contributed by atoms with Crippen molar-refractivity contribution in [2.45, 2.75) is 72.3 Å². The molecule has 0 aromatic carbocycles. The van der Waals surface area contributed by atoms with E-state index in [9.17, 15) is 5.11 Å². The third kappa shape index (κ3) is 5.05. The fourth-order valence-electron chi connectivity index (χ4n) is 6.11. The van der Waals surface area contributed by atoms with Crippen LogP contribution in [0.2, 0.25) is 5.15 Å². The molecule has 0 amide bonds. The van der Waals surface area contributed by atoms with Crippen molar-refractivity contribution < 1.29 is 9.52 Å². The average molecular weight is 512 g/mol. The lowest BCUT2D eigenvalue weighted by Crippen LogP contribution is -2.25. The number of anilines is 2. The summed E-state index contributed by atoms with van der Waals surface area (Å²) in [7, 11) is 0. The minimum Gasteiger partial charge on any atom is -0.454 e. The number of hydrogen-bond donors (Lipinski definition) is 3. The number of pyridine rings is 1. The van der Waals surface area contributed by atoms with Crippen LogP contribution in [-0.4, -0.2) is 39.3 Å². The van der Waals surface area contributed by atoms with Gasteiger partial charge in [-0.05, 0) is 68.9 Å². The molecule has 3 aromatic heterocycles. The first-order chi connectivity index (χ1) is 17.3. The zero-order chi connectivity index (χ0) is 25.4. The van der Waals surface area contributed by atoms with E-state index in [0.717, 1.165) is 35.3 Å². The van der Waals surface area contributed by atoms with Gasteiger partial charge in [-0.25, -0.2) is 4.98 Å². The molecule has 2 aliphatic carbocycles. The Labute approximate surface area is 218 Å². The van der Waals surface area contributed by atoms with Gasteiger partial charge >= 0.3 is 0 Å². The van der Waals surface area contributed by atoms with Crippen molar-refractivity contribution in [1.29, 1.82) is 0 Å². The second-order valence-electron chi connectivity index (χ2n) is 11.0. The van der Waals surface area contributed by atoms with Crippen LogP contribution in [0.15, 0.2) is 16.5 Å². The highest BCUT2D eigenvalue weighted by atomic mass is 35.5. The fraction of sp³-hybridized carbons (Fsp3) is 0.607. The highest BCUT2D eigenvalue weighted by Gasteiger charge is 2.38. The van der Waals surface area contributed by atoms with E-state index in [4.69, 9.17) is 21.0 Å². The van der Waals surface area contributed by atoms with E-state index < -0.39 is 0 Å².